The first kappa shape index (κ1) is 31.1. The van der Waals surface area contributed by atoms with Crippen LogP contribution in [0.1, 0.15) is 75.1 Å². The molecule has 7 nitrogen and oxygen atoms in total. The molecule has 5 aliphatic rings. The summed E-state index contributed by atoms with van der Waals surface area (Å²) in [5, 5.41) is 11.1. The smallest absolute Gasteiger partial charge is 0.416 e. The normalized spacial score (nSPS) is 29.8. The van der Waals surface area contributed by atoms with E-state index in [1.54, 1.807) is 11.0 Å². The zero-order chi connectivity index (χ0) is 32.6. The number of phenolic OH excluding ortho intramolecular Hbond substituents is 1. The Bertz CT molecular complexity index is 1590. The third-order valence-corrected chi connectivity index (χ3v) is 10.9. The molecule has 2 aromatic carbocycles. The van der Waals surface area contributed by atoms with E-state index in [2.05, 4.69) is 4.90 Å². The van der Waals surface area contributed by atoms with Gasteiger partial charge in [-0.05, 0) is 92.3 Å². The molecule has 5 atom stereocenters. The molecule has 0 aromatic heterocycles. The number of amides is 1. The summed E-state index contributed by atoms with van der Waals surface area (Å²) >= 11 is 0. The van der Waals surface area contributed by atoms with Crippen LogP contribution in [0.5, 0.6) is 11.5 Å². The van der Waals surface area contributed by atoms with Crippen molar-refractivity contribution >= 4 is 18.0 Å². The first-order valence-corrected chi connectivity index (χ1v) is 16.5. The monoisotopic (exact) mass is 638 g/mol. The van der Waals surface area contributed by atoms with Crippen LogP contribution in [-0.2, 0) is 32.3 Å². The Labute approximate surface area is 267 Å². The predicted molar refractivity (Wildman–Crippen MR) is 165 cm³/mol. The maximum absolute atomic E-state index is 14.1. The Hall–Kier alpha value is -3.53. The van der Waals surface area contributed by atoms with Crippen molar-refractivity contribution in [3.63, 3.8) is 0 Å². The number of phenols is 1. The van der Waals surface area contributed by atoms with Gasteiger partial charge in [0, 0.05) is 31.7 Å². The van der Waals surface area contributed by atoms with Gasteiger partial charge in [0.15, 0.2) is 11.5 Å². The minimum absolute atomic E-state index is 0.0306. The zero-order valence-corrected chi connectivity index (χ0v) is 26.5. The molecule has 0 radical (unpaired) electrons. The average molecular weight is 639 g/mol. The summed E-state index contributed by atoms with van der Waals surface area (Å²) in [7, 11) is 0. The molecule has 2 aliphatic heterocycles. The molecule has 1 spiro atoms. The standard InChI is InChI=1S/C36H41F3N2O5/c1-21(2)19-41(30(44)12-9-23-5-4-6-26(17-23)36(37,38)39)27-13-14-35(46-22(3)42)29-18-25-10-11-28(43)32-31(25)34(35,33(27)45-32)15-16-40(29)20-24-7-8-24/h4-6,9-12,17,21,24,27,29,33,43H,7-8,13-16,18-20H2,1-3H3/t27-,29+,33-,34-,35+/m0/s1. The van der Waals surface area contributed by atoms with Crippen LogP contribution < -0.4 is 4.74 Å². The fourth-order valence-electron chi connectivity index (χ4n) is 9.07. The topological polar surface area (TPSA) is 79.3 Å². The number of nitrogens with zero attached hydrogens (tertiary/aromatic N) is 2. The maximum Gasteiger partial charge on any atom is 0.416 e. The van der Waals surface area contributed by atoms with E-state index in [-0.39, 0.29) is 35.1 Å². The van der Waals surface area contributed by atoms with Gasteiger partial charge in [0.1, 0.15) is 11.7 Å². The van der Waals surface area contributed by atoms with Crippen molar-refractivity contribution in [2.24, 2.45) is 11.8 Å². The Morgan fingerprint density at radius 3 is 2.65 bits per heavy atom. The highest BCUT2D eigenvalue weighted by Crippen LogP contribution is 2.67. The number of hydrogen-bond acceptors (Lipinski definition) is 6. The molecule has 3 fully saturated rings. The van der Waals surface area contributed by atoms with E-state index in [9.17, 15) is 27.9 Å². The van der Waals surface area contributed by atoms with Crippen LogP contribution in [0.15, 0.2) is 42.5 Å². The number of benzene rings is 2. The third-order valence-electron chi connectivity index (χ3n) is 10.9. The van der Waals surface area contributed by atoms with Crippen LogP contribution in [0.25, 0.3) is 6.08 Å². The van der Waals surface area contributed by atoms with Crippen LogP contribution in [0.3, 0.4) is 0 Å². The number of aromatic hydroxyl groups is 1. The summed E-state index contributed by atoms with van der Waals surface area (Å²) in [6.45, 7) is 7.63. The van der Waals surface area contributed by atoms with Gasteiger partial charge in [-0.25, -0.2) is 0 Å². The third kappa shape index (κ3) is 4.90. The van der Waals surface area contributed by atoms with Gasteiger partial charge in [-0.3, -0.25) is 14.5 Å². The molecule has 46 heavy (non-hydrogen) atoms. The molecule has 1 saturated heterocycles. The van der Waals surface area contributed by atoms with Crippen LogP contribution in [-0.4, -0.2) is 70.2 Å². The summed E-state index contributed by atoms with van der Waals surface area (Å²) in [6.07, 6.45) is 2.47. The summed E-state index contributed by atoms with van der Waals surface area (Å²) < 4.78 is 53.4. The lowest BCUT2D eigenvalue weighted by Crippen LogP contribution is -2.79. The molecule has 3 aliphatic carbocycles. The Balaban J connectivity index is 1.30. The van der Waals surface area contributed by atoms with Crippen LogP contribution in [0.4, 0.5) is 13.2 Å². The second-order valence-corrected chi connectivity index (χ2v) is 14.3. The van der Waals surface area contributed by atoms with Gasteiger partial charge in [0.25, 0.3) is 0 Å². The molecule has 10 heteroatoms. The van der Waals surface area contributed by atoms with Crippen LogP contribution in [0, 0.1) is 11.8 Å². The maximum atomic E-state index is 14.1. The van der Waals surface area contributed by atoms with Gasteiger partial charge in [-0.1, -0.05) is 32.0 Å². The summed E-state index contributed by atoms with van der Waals surface area (Å²) in [6, 6.07) is 8.06. The number of piperidine rings is 1. The van der Waals surface area contributed by atoms with E-state index < -0.39 is 34.9 Å². The first-order valence-electron chi connectivity index (χ1n) is 16.5. The van der Waals surface area contributed by atoms with Crippen molar-refractivity contribution in [1.29, 1.82) is 0 Å². The minimum atomic E-state index is -4.49. The number of rotatable bonds is 8. The zero-order valence-electron chi connectivity index (χ0n) is 26.5. The van der Waals surface area contributed by atoms with E-state index in [0.29, 0.717) is 43.9 Å². The molecule has 1 amide bonds. The number of carbonyl (C=O) groups excluding carboxylic acids is 2. The lowest BCUT2D eigenvalue weighted by atomic mass is 9.48. The summed E-state index contributed by atoms with van der Waals surface area (Å²) in [5.74, 6) is 0.506. The molecule has 1 N–H and O–H groups in total. The van der Waals surface area contributed by atoms with Gasteiger partial charge in [-0.15, -0.1) is 0 Å². The van der Waals surface area contributed by atoms with Gasteiger partial charge in [-0.2, -0.15) is 13.2 Å². The second kappa shape index (κ2) is 11.0. The number of esters is 1. The van der Waals surface area contributed by atoms with E-state index >= 15 is 0 Å². The number of carbonyl (C=O) groups is 2. The molecule has 2 saturated carbocycles. The molecule has 246 valence electrons. The largest absolute Gasteiger partial charge is 0.504 e. The number of likely N-dealkylation sites (tertiary alicyclic amines) is 1. The minimum Gasteiger partial charge on any atom is -0.504 e. The van der Waals surface area contributed by atoms with Gasteiger partial charge in [0.2, 0.25) is 5.91 Å². The van der Waals surface area contributed by atoms with Gasteiger partial charge in [0.05, 0.1) is 23.1 Å². The number of hydrogen-bond donors (Lipinski definition) is 1. The van der Waals surface area contributed by atoms with Gasteiger partial charge >= 0.3 is 12.1 Å². The van der Waals surface area contributed by atoms with Crippen molar-refractivity contribution in [2.75, 3.05) is 19.6 Å². The van der Waals surface area contributed by atoms with E-state index in [1.807, 2.05) is 19.9 Å². The van der Waals surface area contributed by atoms with E-state index in [4.69, 9.17) is 9.47 Å². The molecule has 7 rings (SSSR count). The first-order chi connectivity index (χ1) is 21.8. The Morgan fingerprint density at radius 2 is 1.96 bits per heavy atom. The van der Waals surface area contributed by atoms with Crippen LogP contribution >= 0.6 is 0 Å². The van der Waals surface area contributed by atoms with Crippen molar-refractivity contribution in [1.82, 2.24) is 9.80 Å². The summed E-state index contributed by atoms with van der Waals surface area (Å²) in [5.41, 5.74) is -0.172. The lowest BCUT2D eigenvalue weighted by molar-refractivity contribution is -0.224. The molecule has 2 heterocycles. The number of alkyl halides is 3. The fourth-order valence-corrected chi connectivity index (χ4v) is 9.07. The average Bonchev–Trinajstić information content (AvgIpc) is 3.74. The molecule has 0 unspecified atom stereocenters. The number of ether oxygens (including phenoxy) is 2. The van der Waals surface area contributed by atoms with E-state index in [0.717, 1.165) is 36.3 Å². The second-order valence-electron chi connectivity index (χ2n) is 14.3. The molecular weight excluding hydrogens is 597 g/mol. The van der Waals surface area contributed by atoms with Crippen molar-refractivity contribution in [3.05, 3.63) is 64.7 Å². The highest BCUT2D eigenvalue weighted by Gasteiger charge is 2.75. The van der Waals surface area contributed by atoms with Crippen LogP contribution in [0.2, 0.25) is 0 Å². The van der Waals surface area contributed by atoms with E-state index in [1.165, 1.54) is 44.1 Å². The van der Waals surface area contributed by atoms with Gasteiger partial charge < -0.3 is 19.5 Å². The van der Waals surface area contributed by atoms with Crippen molar-refractivity contribution < 1.29 is 37.3 Å². The quantitative estimate of drug-likeness (QED) is 0.278. The number of halogens is 3. The predicted octanol–water partition coefficient (Wildman–Crippen LogP) is 6.11. The lowest BCUT2D eigenvalue weighted by Gasteiger charge is -2.65. The van der Waals surface area contributed by atoms with Crippen molar-refractivity contribution in [2.45, 2.75) is 94.7 Å². The van der Waals surface area contributed by atoms with Crippen molar-refractivity contribution in [3.8, 4) is 11.5 Å². The summed E-state index contributed by atoms with van der Waals surface area (Å²) in [4.78, 5) is 31.3. The highest BCUT2D eigenvalue weighted by atomic mass is 19.4. The fraction of sp³-hybridized carbons (Fsp3) is 0.556. The Morgan fingerprint density at radius 1 is 1.17 bits per heavy atom. The molecule has 2 bridgehead atoms. The molecule has 2 aromatic rings. The SMILES string of the molecule is CC(=O)O[C@@]12CC[C@H](N(CC(C)C)C(=O)C=Cc3cccc(C(F)(F)F)c3)[C@@H]3Oc4c(O)ccc5c4[C@@]31CCN(CC1CC1)[C@@H]2C5. The molecular formula is C36H41F3N2O5. The Kier molecular flexibility index (Phi) is 7.45. The highest BCUT2D eigenvalue weighted by molar-refractivity contribution is 5.92.